The lowest BCUT2D eigenvalue weighted by molar-refractivity contribution is 0.564. The lowest BCUT2D eigenvalue weighted by atomic mass is 10.3. The fraction of sp³-hybridized carbons (Fsp3) is 1.00. The van der Waals surface area contributed by atoms with Gasteiger partial charge in [-0.05, 0) is 27.2 Å². The molecule has 0 amide bonds. The minimum Gasteiger partial charge on any atom is -0.0742 e. The zero-order valence-electron chi connectivity index (χ0n) is 6.77. The molecule has 1 unspecified atom stereocenters. The lowest BCUT2D eigenvalue weighted by Crippen LogP contribution is -2.08. The Morgan fingerprint density at radius 3 is 1.89 bits per heavy atom. The number of rotatable bonds is 2. The molecule has 0 N–H and O–H groups in total. The van der Waals surface area contributed by atoms with Gasteiger partial charge in [-0.25, -0.2) is 0 Å². The van der Waals surface area contributed by atoms with Crippen LogP contribution in [0.4, 0.5) is 0 Å². The molecule has 0 heterocycles. The van der Waals surface area contributed by atoms with E-state index in [4.69, 9.17) is 0 Å². The van der Waals surface area contributed by atoms with Gasteiger partial charge >= 0.3 is 7.80 Å². The summed E-state index contributed by atoms with van der Waals surface area (Å²) < 4.78 is 11.2. The summed E-state index contributed by atoms with van der Waals surface area (Å²) in [5.74, 6) is 0. The summed E-state index contributed by atoms with van der Waals surface area (Å²) in [5.41, 5.74) is 0. The molecule has 0 aromatic heterocycles. The first-order chi connectivity index (χ1) is 3.98. The molecule has 0 fully saturated rings. The van der Waals surface area contributed by atoms with Crippen LogP contribution in [0, 0.1) is 0 Å². The highest BCUT2D eigenvalue weighted by Crippen LogP contribution is 2.38. The van der Waals surface area contributed by atoms with Crippen LogP contribution in [0.25, 0.3) is 0 Å². The van der Waals surface area contributed by atoms with Gasteiger partial charge in [0.15, 0.2) is 5.16 Å². The van der Waals surface area contributed by atoms with E-state index >= 15 is 0 Å². The average Bonchev–Trinajstić information content (AvgIpc) is 1.64. The topological polar surface area (TPSA) is 17.1 Å². The van der Waals surface area contributed by atoms with Crippen LogP contribution in [0.15, 0.2) is 0 Å². The molecular weight excluding hydrogens is 131 g/mol. The standard InChI is InChI=1S/C7H16OP/c1-5-6-9(8)7(2,3)4/h5-6H2,1-4H3/q+1. The van der Waals surface area contributed by atoms with Crippen molar-refractivity contribution in [3.05, 3.63) is 0 Å². The summed E-state index contributed by atoms with van der Waals surface area (Å²) in [4.78, 5) is 0. The van der Waals surface area contributed by atoms with Gasteiger partial charge < -0.3 is 0 Å². The molecule has 54 valence electrons. The molecule has 0 aliphatic rings. The Morgan fingerprint density at radius 2 is 1.78 bits per heavy atom. The van der Waals surface area contributed by atoms with Crippen LogP contribution in [0.1, 0.15) is 34.1 Å². The Kier molecular flexibility index (Phi) is 3.35. The largest absolute Gasteiger partial charge is 0.344 e. The van der Waals surface area contributed by atoms with Crippen molar-refractivity contribution in [3.8, 4) is 0 Å². The highest BCUT2D eigenvalue weighted by molar-refractivity contribution is 7.46. The molecule has 0 bridgehead atoms. The van der Waals surface area contributed by atoms with E-state index in [-0.39, 0.29) is 5.16 Å². The summed E-state index contributed by atoms with van der Waals surface area (Å²) in [7, 11) is -0.972. The van der Waals surface area contributed by atoms with Crippen LogP contribution in [0.3, 0.4) is 0 Å². The summed E-state index contributed by atoms with van der Waals surface area (Å²) in [6, 6.07) is 0. The SMILES string of the molecule is CCC[P+](=O)C(C)(C)C. The van der Waals surface area contributed by atoms with Crippen molar-refractivity contribution in [2.75, 3.05) is 6.16 Å². The van der Waals surface area contributed by atoms with E-state index in [1.165, 1.54) is 0 Å². The molecule has 0 radical (unpaired) electrons. The van der Waals surface area contributed by atoms with Crippen LogP contribution in [-0.2, 0) is 4.57 Å². The third kappa shape index (κ3) is 3.64. The van der Waals surface area contributed by atoms with Gasteiger partial charge in [-0.3, -0.25) is 0 Å². The second-order valence-electron chi connectivity index (χ2n) is 3.27. The van der Waals surface area contributed by atoms with Gasteiger partial charge in [0, 0.05) is 0 Å². The molecule has 0 aromatic carbocycles. The number of hydrogen-bond donors (Lipinski definition) is 0. The van der Waals surface area contributed by atoms with Gasteiger partial charge in [-0.2, -0.15) is 0 Å². The van der Waals surface area contributed by atoms with E-state index < -0.39 is 7.80 Å². The maximum absolute atomic E-state index is 11.2. The molecule has 0 aromatic rings. The van der Waals surface area contributed by atoms with Crippen molar-refractivity contribution in [2.45, 2.75) is 39.3 Å². The van der Waals surface area contributed by atoms with Crippen molar-refractivity contribution in [2.24, 2.45) is 0 Å². The Bertz CT molecular complexity index is 102. The molecule has 0 aliphatic heterocycles. The maximum atomic E-state index is 11.2. The van der Waals surface area contributed by atoms with Crippen molar-refractivity contribution in [1.29, 1.82) is 0 Å². The van der Waals surface area contributed by atoms with Gasteiger partial charge in [0.2, 0.25) is 0 Å². The Labute approximate surface area is 58.6 Å². The van der Waals surface area contributed by atoms with Gasteiger partial charge in [0.1, 0.15) is 6.16 Å². The normalized spacial score (nSPS) is 13.6. The van der Waals surface area contributed by atoms with Crippen molar-refractivity contribution < 1.29 is 4.57 Å². The smallest absolute Gasteiger partial charge is 0.0742 e. The lowest BCUT2D eigenvalue weighted by Gasteiger charge is -2.02. The fourth-order valence-electron chi connectivity index (χ4n) is 0.539. The number of hydrogen-bond acceptors (Lipinski definition) is 1. The molecule has 1 nitrogen and oxygen atoms in total. The molecule has 9 heavy (non-hydrogen) atoms. The van der Waals surface area contributed by atoms with Gasteiger partial charge in [0.05, 0.1) is 0 Å². The Morgan fingerprint density at radius 1 is 1.33 bits per heavy atom. The molecule has 0 saturated carbocycles. The van der Waals surface area contributed by atoms with Crippen molar-refractivity contribution in [1.82, 2.24) is 0 Å². The minimum absolute atomic E-state index is 0.0192. The molecule has 2 heteroatoms. The monoisotopic (exact) mass is 147 g/mol. The summed E-state index contributed by atoms with van der Waals surface area (Å²) in [6.07, 6.45) is 1.91. The maximum Gasteiger partial charge on any atom is 0.344 e. The summed E-state index contributed by atoms with van der Waals surface area (Å²) >= 11 is 0. The van der Waals surface area contributed by atoms with E-state index in [1.54, 1.807) is 0 Å². The molecule has 1 atom stereocenters. The third-order valence-electron chi connectivity index (χ3n) is 1.17. The first-order valence-corrected chi connectivity index (χ1v) is 4.87. The van der Waals surface area contributed by atoms with Gasteiger partial charge in [0.25, 0.3) is 0 Å². The first kappa shape index (κ1) is 9.10. The molecule has 0 rings (SSSR count). The minimum atomic E-state index is -0.972. The molecule has 0 spiro atoms. The molecule has 0 saturated heterocycles. The van der Waals surface area contributed by atoms with Crippen LogP contribution in [0.2, 0.25) is 0 Å². The Balaban J connectivity index is 3.74. The van der Waals surface area contributed by atoms with Crippen molar-refractivity contribution >= 4 is 7.80 Å². The highest BCUT2D eigenvalue weighted by atomic mass is 31.1. The van der Waals surface area contributed by atoms with E-state index in [2.05, 4.69) is 6.92 Å². The van der Waals surface area contributed by atoms with Crippen LogP contribution >= 0.6 is 7.80 Å². The predicted octanol–water partition coefficient (Wildman–Crippen LogP) is 3.02. The Hall–Kier alpha value is 0.100. The molecular formula is C7H16OP+. The zero-order valence-corrected chi connectivity index (χ0v) is 7.66. The van der Waals surface area contributed by atoms with E-state index in [1.807, 2.05) is 20.8 Å². The first-order valence-electron chi connectivity index (χ1n) is 3.43. The zero-order chi connectivity index (χ0) is 7.49. The average molecular weight is 147 g/mol. The van der Waals surface area contributed by atoms with Crippen LogP contribution in [0.5, 0.6) is 0 Å². The fourth-order valence-corrected chi connectivity index (χ4v) is 1.62. The van der Waals surface area contributed by atoms with Gasteiger partial charge in [-0.1, -0.05) is 11.5 Å². The van der Waals surface area contributed by atoms with Crippen LogP contribution in [-0.4, -0.2) is 11.3 Å². The quantitative estimate of drug-likeness (QED) is 0.548. The van der Waals surface area contributed by atoms with Crippen LogP contribution < -0.4 is 0 Å². The van der Waals surface area contributed by atoms with E-state index in [9.17, 15) is 4.57 Å². The third-order valence-corrected chi connectivity index (χ3v) is 3.52. The second-order valence-corrected chi connectivity index (χ2v) is 5.82. The summed E-state index contributed by atoms with van der Waals surface area (Å²) in [5, 5.41) is 0.0192. The molecule has 0 aliphatic carbocycles. The predicted molar refractivity (Wildman–Crippen MR) is 42.5 cm³/mol. The second kappa shape index (κ2) is 3.31. The van der Waals surface area contributed by atoms with Crippen molar-refractivity contribution in [3.63, 3.8) is 0 Å². The van der Waals surface area contributed by atoms with E-state index in [0.29, 0.717) is 0 Å². The van der Waals surface area contributed by atoms with E-state index in [0.717, 1.165) is 12.6 Å². The van der Waals surface area contributed by atoms with Gasteiger partial charge in [-0.15, -0.1) is 0 Å². The summed E-state index contributed by atoms with van der Waals surface area (Å²) in [6.45, 7) is 8.16. The highest BCUT2D eigenvalue weighted by Gasteiger charge is 2.32.